The molecule has 0 heterocycles. The van der Waals surface area contributed by atoms with Gasteiger partial charge in [-0.25, -0.2) is 0 Å². The maximum atomic E-state index is 12.4. The number of carboxylic acids is 1. The summed E-state index contributed by atoms with van der Waals surface area (Å²) < 4.78 is 6.00. The average molecular weight is 445 g/mol. The molecule has 6 nitrogen and oxygen atoms in total. The van der Waals surface area contributed by atoms with Crippen LogP contribution in [0.15, 0.2) is 54.6 Å². The maximum absolute atomic E-state index is 12.4. The molecule has 2 unspecified atom stereocenters. The number of hydrogen-bond donors (Lipinski definition) is 3. The highest BCUT2D eigenvalue weighted by Gasteiger charge is 2.39. The summed E-state index contributed by atoms with van der Waals surface area (Å²) in [6.07, 6.45) is 9.72. The van der Waals surface area contributed by atoms with Crippen LogP contribution in [-0.2, 0) is 9.59 Å². The highest BCUT2D eigenvalue weighted by molar-refractivity contribution is 5.84. The van der Waals surface area contributed by atoms with Crippen LogP contribution >= 0.6 is 0 Å². The van der Waals surface area contributed by atoms with Gasteiger partial charge in [-0.1, -0.05) is 55.8 Å². The van der Waals surface area contributed by atoms with Crippen LogP contribution in [0, 0.1) is 11.8 Å². The zero-order valence-corrected chi connectivity index (χ0v) is 18.8. The third kappa shape index (κ3) is 8.60. The van der Waals surface area contributed by atoms with Crippen molar-refractivity contribution in [2.24, 2.45) is 11.8 Å². The minimum atomic E-state index is -0.850. The van der Waals surface area contributed by atoms with E-state index in [4.69, 9.17) is 9.84 Å². The molecular formula is C26H36O6. The number of ketones is 1. The largest absolute Gasteiger partial charge is 0.487 e. The number of allylic oxidation sites excluding steroid dienone is 2. The number of carbonyl (C=O) groups is 2. The van der Waals surface area contributed by atoms with Crippen molar-refractivity contribution in [3.8, 4) is 5.75 Å². The quantitative estimate of drug-likeness (QED) is 0.292. The lowest BCUT2D eigenvalue weighted by atomic mass is 9.90. The van der Waals surface area contributed by atoms with Crippen molar-refractivity contribution >= 4 is 11.8 Å². The number of unbranched alkanes of at least 4 members (excludes halogenated alkanes) is 2. The minimum Gasteiger partial charge on any atom is -0.487 e. The molecule has 176 valence electrons. The Kier molecular flexibility index (Phi) is 11.2. The summed E-state index contributed by atoms with van der Waals surface area (Å²) in [6.45, 7) is 2.09. The van der Waals surface area contributed by atoms with Gasteiger partial charge < -0.3 is 20.1 Å². The number of para-hydroxylation sites is 1. The van der Waals surface area contributed by atoms with E-state index in [0.29, 0.717) is 31.4 Å². The second-order valence-electron chi connectivity index (χ2n) is 8.40. The van der Waals surface area contributed by atoms with Crippen molar-refractivity contribution in [2.75, 3.05) is 0 Å². The Bertz CT molecular complexity index is 757. The van der Waals surface area contributed by atoms with Crippen LogP contribution in [0.5, 0.6) is 5.75 Å². The third-order valence-corrected chi connectivity index (χ3v) is 5.84. The van der Waals surface area contributed by atoms with E-state index in [0.717, 1.165) is 12.8 Å². The number of benzene rings is 1. The fraction of sp³-hybridized carbons (Fsp3) is 0.538. The molecule has 1 aromatic rings. The van der Waals surface area contributed by atoms with Crippen LogP contribution in [-0.4, -0.2) is 45.4 Å². The Hall–Kier alpha value is -2.44. The molecule has 0 aromatic heterocycles. The molecule has 0 spiro atoms. The second kappa shape index (κ2) is 13.9. The van der Waals surface area contributed by atoms with Crippen molar-refractivity contribution in [2.45, 2.75) is 76.6 Å². The van der Waals surface area contributed by atoms with Gasteiger partial charge in [0.05, 0.1) is 6.10 Å². The topological polar surface area (TPSA) is 104 Å². The van der Waals surface area contributed by atoms with E-state index >= 15 is 0 Å². The summed E-state index contributed by atoms with van der Waals surface area (Å²) in [5.41, 5.74) is 0. The number of carbonyl (C=O) groups excluding carboxylic acids is 1. The van der Waals surface area contributed by atoms with Crippen LogP contribution in [0.25, 0.3) is 0 Å². The second-order valence-corrected chi connectivity index (χ2v) is 8.40. The van der Waals surface area contributed by atoms with Gasteiger partial charge in [0.1, 0.15) is 23.7 Å². The molecule has 0 amide bonds. The molecular weight excluding hydrogens is 408 g/mol. The van der Waals surface area contributed by atoms with E-state index < -0.39 is 24.3 Å². The van der Waals surface area contributed by atoms with Crippen LogP contribution in [0.4, 0.5) is 0 Å². The highest BCUT2D eigenvalue weighted by atomic mass is 16.5. The van der Waals surface area contributed by atoms with Gasteiger partial charge in [-0.3, -0.25) is 9.59 Å². The van der Waals surface area contributed by atoms with Crippen LogP contribution < -0.4 is 4.74 Å². The Morgan fingerprint density at radius 2 is 1.97 bits per heavy atom. The van der Waals surface area contributed by atoms with Gasteiger partial charge in [0, 0.05) is 24.7 Å². The van der Waals surface area contributed by atoms with Crippen molar-refractivity contribution in [3.63, 3.8) is 0 Å². The predicted molar refractivity (Wildman–Crippen MR) is 123 cm³/mol. The molecule has 0 bridgehead atoms. The third-order valence-electron chi connectivity index (χ3n) is 5.84. The fourth-order valence-electron chi connectivity index (χ4n) is 4.00. The monoisotopic (exact) mass is 444 g/mol. The summed E-state index contributed by atoms with van der Waals surface area (Å²) in [6, 6.07) is 9.38. The average Bonchev–Trinajstić information content (AvgIpc) is 3.04. The van der Waals surface area contributed by atoms with E-state index in [1.54, 1.807) is 12.2 Å². The molecule has 1 aromatic carbocycles. The van der Waals surface area contributed by atoms with Gasteiger partial charge in [0.25, 0.3) is 0 Å². The Morgan fingerprint density at radius 3 is 2.66 bits per heavy atom. The van der Waals surface area contributed by atoms with E-state index in [9.17, 15) is 19.8 Å². The maximum Gasteiger partial charge on any atom is 0.303 e. The molecule has 3 N–H and O–H groups in total. The van der Waals surface area contributed by atoms with Gasteiger partial charge in [0.2, 0.25) is 0 Å². The number of carboxylic acid groups (broad SMARTS) is 1. The Balaban J connectivity index is 1.98. The molecule has 2 rings (SSSR count). The van der Waals surface area contributed by atoms with Gasteiger partial charge in [-0.05, 0) is 44.2 Å². The number of aliphatic hydroxyl groups is 2. The van der Waals surface area contributed by atoms with E-state index in [1.165, 1.54) is 0 Å². The van der Waals surface area contributed by atoms with Crippen LogP contribution in [0.3, 0.4) is 0 Å². The predicted octanol–water partition coefficient (Wildman–Crippen LogP) is 4.31. The molecule has 0 saturated heterocycles. The first-order valence-corrected chi connectivity index (χ1v) is 11.6. The molecule has 1 fully saturated rings. The first-order valence-electron chi connectivity index (χ1n) is 11.6. The lowest BCUT2D eigenvalue weighted by molar-refractivity contribution is -0.137. The molecule has 32 heavy (non-hydrogen) atoms. The zero-order chi connectivity index (χ0) is 23.3. The van der Waals surface area contributed by atoms with Crippen molar-refractivity contribution in [1.82, 2.24) is 0 Å². The smallest absolute Gasteiger partial charge is 0.303 e. The number of Topliss-reactive ketones (excluding diaryl/α,β-unsaturated/α-hetero) is 1. The van der Waals surface area contributed by atoms with Crippen molar-refractivity contribution < 1.29 is 29.6 Å². The lowest BCUT2D eigenvalue weighted by Gasteiger charge is -2.23. The lowest BCUT2D eigenvalue weighted by Crippen LogP contribution is -2.31. The van der Waals surface area contributed by atoms with Crippen LogP contribution in [0.2, 0.25) is 0 Å². The standard InChI is InChI=1S/C26H36O6/c1-2-3-14-25(32-19-11-7-6-8-12-19)22(27)17-16-21-20(23(28)18-24(21)29)13-9-4-5-10-15-26(30)31/h4,6-9,11-12,16-17,20-22,24-25,27,29H,2-3,5,10,13-15,18H2,1H3,(H,30,31)/b9-4-,17-16+/t20-,21?,22+,24-,25?/m1/s1. The first kappa shape index (κ1) is 25.8. The van der Waals surface area contributed by atoms with Gasteiger partial charge in [-0.2, -0.15) is 0 Å². The zero-order valence-electron chi connectivity index (χ0n) is 18.8. The van der Waals surface area contributed by atoms with Crippen molar-refractivity contribution in [1.29, 1.82) is 0 Å². The number of aliphatic carboxylic acids is 1. The number of aliphatic hydroxyl groups excluding tert-OH is 2. The van der Waals surface area contributed by atoms with E-state index in [-0.39, 0.29) is 30.5 Å². The van der Waals surface area contributed by atoms with Gasteiger partial charge >= 0.3 is 5.97 Å². The molecule has 0 aliphatic heterocycles. The van der Waals surface area contributed by atoms with E-state index in [1.807, 2.05) is 42.5 Å². The summed E-state index contributed by atoms with van der Waals surface area (Å²) in [5, 5.41) is 29.8. The molecule has 1 aliphatic rings. The Morgan fingerprint density at radius 1 is 1.22 bits per heavy atom. The summed E-state index contributed by atoms with van der Waals surface area (Å²) in [5.74, 6) is -0.801. The van der Waals surface area contributed by atoms with Gasteiger partial charge in [-0.15, -0.1) is 0 Å². The first-order chi connectivity index (χ1) is 15.4. The van der Waals surface area contributed by atoms with E-state index in [2.05, 4.69) is 6.92 Å². The van der Waals surface area contributed by atoms with Crippen LogP contribution in [0.1, 0.15) is 58.3 Å². The molecule has 1 aliphatic carbocycles. The number of hydrogen-bond acceptors (Lipinski definition) is 5. The molecule has 0 radical (unpaired) electrons. The number of rotatable bonds is 14. The summed E-state index contributed by atoms with van der Waals surface area (Å²) in [4.78, 5) is 22.9. The normalized spacial score (nSPS) is 23.1. The SMILES string of the molecule is CCCCC(Oc1ccccc1)[C@@H](O)/C=C/C1[C@H](O)CC(=O)[C@@H]1C/C=C\CCCC(=O)O. The van der Waals surface area contributed by atoms with Crippen molar-refractivity contribution in [3.05, 3.63) is 54.6 Å². The molecule has 5 atom stereocenters. The summed E-state index contributed by atoms with van der Waals surface area (Å²) >= 11 is 0. The molecule has 6 heteroatoms. The summed E-state index contributed by atoms with van der Waals surface area (Å²) in [7, 11) is 0. The fourth-order valence-corrected chi connectivity index (χ4v) is 4.00. The van der Waals surface area contributed by atoms with Gasteiger partial charge in [0.15, 0.2) is 0 Å². The highest BCUT2D eigenvalue weighted by Crippen LogP contribution is 2.33. The molecule has 1 saturated carbocycles. The minimum absolute atomic E-state index is 0.0138. The number of ether oxygens (including phenoxy) is 1. The Labute approximate surface area is 190 Å².